The van der Waals surface area contributed by atoms with Gasteiger partial charge in [0.15, 0.2) is 5.82 Å². The van der Waals surface area contributed by atoms with Crippen LogP contribution in [0, 0.1) is 18.7 Å². The summed E-state index contributed by atoms with van der Waals surface area (Å²) < 4.78 is 97.8. The zero-order valence-corrected chi connectivity index (χ0v) is 19.5. The van der Waals surface area contributed by atoms with E-state index in [-0.39, 0.29) is 28.9 Å². The maximum absolute atomic E-state index is 14.9. The number of rotatable bonds is 4. The van der Waals surface area contributed by atoms with E-state index in [2.05, 4.69) is 15.4 Å². The SMILES string of the molecule is Cc1c(F)cc(-c2cc(C(F)(F)F)c3c(N)ncnn23)cc1C(=O)N[C@@H]1CN(C(=O)C2CC2(F)F)C[C@@H]1F. The number of amides is 2. The van der Waals surface area contributed by atoms with Crippen molar-refractivity contribution in [1.29, 1.82) is 0 Å². The number of nitrogens with two attached hydrogens (primary N) is 1. The van der Waals surface area contributed by atoms with E-state index >= 15 is 0 Å². The second kappa shape index (κ2) is 8.56. The van der Waals surface area contributed by atoms with Crippen LogP contribution in [0.15, 0.2) is 24.5 Å². The van der Waals surface area contributed by atoms with Gasteiger partial charge in [0.25, 0.3) is 11.8 Å². The topological polar surface area (TPSA) is 106 Å². The number of likely N-dealkylation sites (tertiary alicyclic amines) is 1. The second-order valence-electron chi connectivity index (χ2n) is 9.33. The van der Waals surface area contributed by atoms with Gasteiger partial charge >= 0.3 is 6.18 Å². The lowest BCUT2D eigenvalue weighted by Gasteiger charge is -2.18. The maximum Gasteiger partial charge on any atom is 0.418 e. The summed E-state index contributed by atoms with van der Waals surface area (Å²) in [5, 5.41) is 6.13. The Bertz CT molecular complexity index is 1470. The van der Waals surface area contributed by atoms with Crippen LogP contribution in [-0.4, -0.2) is 62.5 Å². The summed E-state index contributed by atoms with van der Waals surface area (Å²) in [5.41, 5.74) is 3.04. The van der Waals surface area contributed by atoms with E-state index < -0.39 is 77.7 Å². The molecule has 2 aliphatic rings. The van der Waals surface area contributed by atoms with E-state index in [1.54, 1.807) is 0 Å². The first-order valence-corrected chi connectivity index (χ1v) is 11.3. The molecule has 1 aliphatic heterocycles. The summed E-state index contributed by atoms with van der Waals surface area (Å²) in [6, 6.07) is 1.46. The van der Waals surface area contributed by atoms with Crippen LogP contribution in [0.4, 0.5) is 36.6 Å². The Labute approximate surface area is 209 Å². The molecule has 2 aromatic heterocycles. The molecule has 15 heteroatoms. The van der Waals surface area contributed by atoms with Crippen molar-refractivity contribution in [2.45, 2.75) is 37.7 Å². The Morgan fingerprint density at radius 1 is 1.18 bits per heavy atom. The van der Waals surface area contributed by atoms with Gasteiger partial charge in [-0.3, -0.25) is 9.59 Å². The Morgan fingerprint density at radius 2 is 1.87 bits per heavy atom. The largest absolute Gasteiger partial charge is 0.418 e. The molecule has 3 N–H and O–H groups in total. The van der Waals surface area contributed by atoms with Gasteiger partial charge in [0, 0.05) is 24.1 Å². The molecule has 1 aromatic carbocycles. The van der Waals surface area contributed by atoms with E-state index in [0.29, 0.717) is 6.07 Å². The molecular formula is C23H19F7N6O2. The van der Waals surface area contributed by atoms with Gasteiger partial charge < -0.3 is 16.0 Å². The number of nitrogens with one attached hydrogen (secondary N) is 1. The Kier molecular flexibility index (Phi) is 5.80. The van der Waals surface area contributed by atoms with E-state index in [9.17, 15) is 40.3 Å². The number of fused-ring (bicyclic) bond motifs is 1. The number of nitrogens with zero attached hydrogens (tertiary/aromatic N) is 4. The van der Waals surface area contributed by atoms with Gasteiger partial charge in [-0.05, 0) is 30.7 Å². The van der Waals surface area contributed by atoms with Gasteiger partial charge in [0.05, 0.1) is 23.8 Å². The Hall–Kier alpha value is -3.91. The first-order valence-electron chi connectivity index (χ1n) is 11.3. The lowest BCUT2D eigenvalue weighted by Crippen LogP contribution is -2.42. The average molecular weight is 544 g/mol. The molecule has 0 spiro atoms. The highest BCUT2D eigenvalue weighted by molar-refractivity contribution is 5.97. The fraction of sp³-hybridized carbons (Fsp3) is 0.391. The zero-order valence-electron chi connectivity index (χ0n) is 19.5. The normalized spacial score (nSPS) is 22.6. The highest BCUT2D eigenvalue weighted by Gasteiger charge is 2.63. The van der Waals surface area contributed by atoms with Crippen molar-refractivity contribution < 1.29 is 40.3 Å². The summed E-state index contributed by atoms with van der Waals surface area (Å²) in [6.45, 7) is 0.382. The van der Waals surface area contributed by atoms with E-state index in [4.69, 9.17) is 5.73 Å². The number of alkyl halides is 6. The summed E-state index contributed by atoms with van der Waals surface area (Å²) in [6.07, 6.45) is -6.33. The molecule has 202 valence electrons. The van der Waals surface area contributed by atoms with Crippen LogP contribution in [-0.2, 0) is 11.0 Å². The van der Waals surface area contributed by atoms with E-state index in [1.165, 1.54) is 6.92 Å². The third-order valence-corrected chi connectivity index (χ3v) is 6.77. The van der Waals surface area contributed by atoms with Gasteiger partial charge in [0.1, 0.15) is 29.8 Å². The van der Waals surface area contributed by atoms with Crippen LogP contribution in [0.5, 0.6) is 0 Å². The third-order valence-electron chi connectivity index (χ3n) is 6.77. The molecule has 3 aromatic rings. The molecule has 2 amide bonds. The van der Waals surface area contributed by atoms with Crippen molar-refractivity contribution in [3.63, 3.8) is 0 Å². The van der Waals surface area contributed by atoms with Gasteiger partial charge in [-0.15, -0.1) is 0 Å². The van der Waals surface area contributed by atoms with Crippen molar-refractivity contribution in [2.75, 3.05) is 18.8 Å². The van der Waals surface area contributed by atoms with Crippen molar-refractivity contribution in [3.8, 4) is 11.3 Å². The quantitative estimate of drug-likeness (QED) is 0.490. The molecule has 3 heterocycles. The number of nitrogen functional groups attached to an aromatic ring is 1. The molecule has 8 nitrogen and oxygen atoms in total. The number of hydrogen-bond donors (Lipinski definition) is 2. The van der Waals surface area contributed by atoms with Gasteiger partial charge in [0.2, 0.25) is 5.91 Å². The van der Waals surface area contributed by atoms with Crippen LogP contribution in [0.2, 0.25) is 0 Å². The molecule has 1 saturated heterocycles. The maximum atomic E-state index is 14.9. The van der Waals surface area contributed by atoms with Crippen LogP contribution in [0.3, 0.4) is 0 Å². The first-order chi connectivity index (χ1) is 17.7. The summed E-state index contributed by atoms with van der Waals surface area (Å²) >= 11 is 0. The molecule has 1 aliphatic carbocycles. The minimum absolute atomic E-state index is 0.155. The molecule has 1 saturated carbocycles. The fourth-order valence-corrected chi connectivity index (χ4v) is 4.58. The van der Waals surface area contributed by atoms with Gasteiger partial charge in [-0.1, -0.05) is 0 Å². The minimum atomic E-state index is -4.85. The lowest BCUT2D eigenvalue weighted by atomic mass is 10.0. The lowest BCUT2D eigenvalue weighted by molar-refractivity contribution is -0.136. The number of halogens is 7. The first kappa shape index (κ1) is 25.7. The number of anilines is 1. The highest BCUT2D eigenvalue weighted by Crippen LogP contribution is 2.50. The highest BCUT2D eigenvalue weighted by atomic mass is 19.4. The number of carbonyl (C=O) groups is 2. The number of carbonyl (C=O) groups excluding carboxylic acids is 2. The monoisotopic (exact) mass is 544 g/mol. The molecular weight excluding hydrogens is 525 g/mol. The fourth-order valence-electron chi connectivity index (χ4n) is 4.58. The molecule has 0 radical (unpaired) electrons. The standard InChI is InChI=1S/C23H19F7N6O2/c1-9-11(20(37)34-16-7-35(6-15(16)25)21(38)13-5-22(13,26)27)2-10(3-14(9)24)17-4-12(23(28,29)30)18-19(31)32-8-33-36(17)18/h2-4,8,13,15-16H,5-7H2,1H3,(H,34,37)(H2,31,32,33)/t13?,15-,16+/m0/s1. The molecule has 2 fully saturated rings. The molecule has 5 rings (SSSR count). The average Bonchev–Trinajstić information content (AvgIpc) is 3.14. The van der Waals surface area contributed by atoms with Crippen LogP contribution in [0.1, 0.15) is 27.9 Å². The van der Waals surface area contributed by atoms with Crippen LogP contribution in [0.25, 0.3) is 16.8 Å². The molecule has 3 atom stereocenters. The smallest absolute Gasteiger partial charge is 0.382 e. The Balaban J connectivity index is 1.45. The van der Waals surface area contributed by atoms with Crippen molar-refractivity contribution in [2.24, 2.45) is 5.92 Å². The van der Waals surface area contributed by atoms with Crippen molar-refractivity contribution in [3.05, 3.63) is 47.0 Å². The Morgan fingerprint density at radius 3 is 2.50 bits per heavy atom. The van der Waals surface area contributed by atoms with Gasteiger partial charge in [-0.2, -0.15) is 18.3 Å². The predicted octanol–water partition coefficient (Wildman–Crippen LogP) is 3.38. The summed E-state index contributed by atoms with van der Waals surface area (Å²) in [7, 11) is 0. The number of benzene rings is 1. The van der Waals surface area contributed by atoms with E-state index in [1.807, 2.05) is 0 Å². The third kappa shape index (κ3) is 4.28. The van der Waals surface area contributed by atoms with Crippen molar-refractivity contribution >= 4 is 23.1 Å². The molecule has 0 bridgehead atoms. The van der Waals surface area contributed by atoms with Gasteiger partial charge in [-0.25, -0.2) is 27.1 Å². The zero-order chi connectivity index (χ0) is 27.7. The molecule has 1 unspecified atom stereocenters. The van der Waals surface area contributed by atoms with Crippen LogP contribution >= 0.6 is 0 Å². The predicted molar refractivity (Wildman–Crippen MR) is 118 cm³/mol. The van der Waals surface area contributed by atoms with Crippen molar-refractivity contribution in [1.82, 2.24) is 24.8 Å². The summed E-state index contributed by atoms with van der Waals surface area (Å²) in [5.74, 6) is -7.94. The number of hydrogen-bond acceptors (Lipinski definition) is 5. The second-order valence-corrected chi connectivity index (χ2v) is 9.33. The minimum Gasteiger partial charge on any atom is -0.382 e. The number of aromatic nitrogens is 3. The molecule has 38 heavy (non-hydrogen) atoms. The van der Waals surface area contributed by atoms with Crippen LogP contribution < -0.4 is 11.1 Å². The summed E-state index contributed by atoms with van der Waals surface area (Å²) in [4.78, 5) is 29.7. The van der Waals surface area contributed by atoms with E-state index in [0.717, 1.165) is 27.9 Å².